The molecule has 0 saturated heterocycles. The van der Waals surface area contributed by atoms with Crippen molar-refractivity contribution in [3.8, 4) is 73.6 Å². The Kier molecular flexibility index (Phi) is 8.56. The molecule has 0 fully saturated rings. The first-order valence-corrected chi connectivity index (χ1v) is 22.2. The Morgan fingerprint density at radius 3 is 1.26 bits per heavy atom. The molecule has 4 nitrogen and oxygen atoms in total. The predicted octanol–water partition coefficient (Wildman–Crippen LogP) is 16.1. The predicted molar refractivity (Wildman–Crippen MR) is 273 cm³/mol. The topological polar surface area (TPSA) is 62.5 Å². The van der Waals surface area contributed by atoms with Crippen molar-refractivity contribution in [1.82, 2.24) is 15.0 Å². The highest BCUT2D eigenvalue weighted by atomic mass is 15.0. The third kappa shape index (κ3) is 6.10. The third-order valence-corrected chi connectivity index (χ3v) is 13.3. The van der Waals surface area contributed by atoms with Gasteiger partial charge in [0, 0.05) is 16.7 Å². The maximum atomic E-state index is 9.41. The van der Waals surface area contributed by atoms with Crippen molar-refractivity contribution in [2.75, 3.05) is 0 Å². The fourth-order valence-corrected chi connectivity index (χ4v) is 10.1. The molecule has 12 aromatic carbocycles. The van der Waals surface area contributed by atoms with E-state index in [1.54, 1.807) is 0 Å². The van der Waals surface area contributed by atoms with Gasteiger partial charge in [-0.2, -0.15) is 5.26 Å². The Bertz CT molecular complexity index is 4070. The summed E-state index contributed by atoms with van der Waals surface area (Å²) in [5.74, 6) is 1.78. The zero-order chi connectivity index (χ0) is 43.7. The quantitative estimate of drug-likeness (QED) is 0.157. The van der Waals surface area contributed by atoms with Crippen LogP contribution in [0, 0.1) is 11.3 Å². The largest absolute Gasteiger partial charge is 0.208 e. The van der Waals surface area contributed by atoms with Gasteiger partial charge in [0.05, 0.1) is 11.6 Å². The van der Waals surface area contributed by atoms with E-state index in [1.165, 1.54) is 75.8 Å². The second-order valence-electron chi connectivity index (χ2n) is 17.0. The zero-order valence-corrected chi connectivity index (χ0v) is 35.6. The van der Waals surface area contributed by atoms with Crippen molar-refractivity contribution >= 4 is 64.6 Å². The molecule has 66 heavy (non-hydrogen) atoms. The molecule has 0 saturated carbocycles. The third-order valence-electron chi connectivity index (χ3n) is 13.3. The number of nitrogens with zero attached hydrogens (tertiary/aromatic N) is 4. The van der Waals surface area contributed by atoms with Crippen LogP contribution in [0.15, 0.2) is 218 Å². The lowest BCUT2D eigenvalue weighted by atomic mass is 9.86. The summed E-state index contributed by atoms with van der Waals surface area (Å²) in [6.07, 6.45) is 0. The van der Waals surface area contributed by atoms with Gasteiger partial charge in [0.2, 0.25) is 0 Å². The molecule has 0 unspecified atom stereocenters. The lowest BCUT2D eigenvalue weighted by Gasteiger charge is -2.17. The van der Waals surface area contributed by atoms with Gasteiger partial charge in [0.25, 0.3) is 0 Å². The van der Waals surface area contributed by atoms with Gasteiger partial charge >= 0.3 is 0 Å². The van der Waals surface area contributed by atoms with Crippen molar-refractivity contribution in [2.45, 2.75) is 0 Å². The van der Waals surface area contributed by atoms with Crippen LogP contribution in [0.5, 0.6) is 0 Å². The summed E-state index contributed by atoms with van der Waals surface area (Å²) in [6.45, 7) is 0. The van der Waals surface area contributed by atoms with Crippen molar-refractivity contribution in [3.63, 3.8) is 0 Å². The van der Waals surface area contributed by atoms with Crippen LogP contribution in [0.4, 0.5) is 0 Å². The summed E-state index contributed by atoms with van der Waals surface area (Å²) in [5.41, 5.74) is 9.87. The van der Waals surface area contributed by atoms with Crippen molar-refractivity contribution in [3.05, 3.63) is 224 Å². The number of rotatable bonds is 6. The van der Waals surface area contributed by atoms with Gasteiger partial charge < -0.3 is 0 Å². The second kappa shape index (κ2) is 15.1. The summed E-state index contributed by atoms with van der Waals surface area (Å²) < 4.78 is 0. The van der Waals surface area contributed by atoms with E-state index in [1.807, 2.05) is 72.8 Å². The van der Waals surface area contributed by atoms with Gasteiger partial charge in [-0.15, -0.1) is 0 Å². The number of hydrogen-bond donors (Lipinski definition) is 0. The fraction of sp³-hybridized carbons (Fsp3) is 0. The van der Waals surface area contributed by atoms with E-state index in [-0.39, 0.29) is 0 Å². The van der Waals surface area contributed by atoms with E-state index in [0.29, 0.717) is 23.0 Å². The summed E-state index contributed by atoms with van der Waals surface area (Å²) in [4.78, 5) is 15.1. The van der Waals surface area contributed by atoms with Crippen molar-refractivity contribution in [2.24, 2.45) is 0 Å². The number of aromatic nitrogens is 3. The first-order chi connectivity index (χ1) is 32.6. The highest BCUT2D eigenvalue weighted by molar-refractivity contribution is 6.37. The molecule has 4 heteroatoms. The van der Waals surface area contributed by atoms with Gasteiger partial charge in [0.15, 0.2) is 17.5 Å². The number of nitriles is 1. The SMILES string of the molecule is N#Cc1ccc(-c2ccccc2-c2nc(-c3ccccc3)nc(-c3ccc(-c4ccc(-c5cc6ccc7cccc8c9cccc%10ccc%11cccc(c(c5)c6c78)c%11c%109)cc4)cc3)n2)cc1. The molecule has 0 N–H and O–H groups in total. The minimum atomic E-state index is 0.583. The van der Waals surface area contributed by atoms with Gasteiger partial charge in [0.1, 0.15) is 0 Å². The lowest BCUT2D eigenvalue weighted by molar-refractivity contribution is 1.07. The van der Waals surface area contributed by atoms with Gasteiger partial charge in [-0.1, -0.05) is 194 Å². The monoisotopic (exact) mass is 836 g/mol. The molecule has 0 amide bonds. The van der Waals surface area contributed by atoms with Crippen LogP contribution in [0.2, 0.25) is 0 Å². The highest BCUT2D eigenvalue weighted by Crippen LogP contribution is 2.44. The van der Waals surface area contributed by atoms with E-state index in [4.69, 9.17) is 15.0 Å². The Labute approximate surface area is 380 Å². The minimum absolute atomic E-state index is 0.583. The minimum Gasteiger partial charge on any atom is -0.208 e. The summed E-state index contributed by atoms with van der Waals surface area (Å²) in [5, 5.41) is 24.8. The van der Waals surface area contributed by atoms with Crippen LogP contribution < -0.4 is 0 Å². The van der Waals surface area contributed by atoms with E-state index in [0.717, 1.165) is 38.9 Å². The molecular weight excluding hydrogens is 801 g/mol. The van der Waals surface area contributed by atoms with Gasteiger partial charge in [-0.3, -0.25) is 0 Å². The van der Waals surface area contributed by atoms with Crippen LogP contribution in [0.1, 0.15) is 5.56 Å². The molecular formula is C62H36N4. The van der Waals surface area contributed by atoms with Crippen molar-refractivity contribution < 1.29 is 0 Å². The summed E-state index contributed by atoms with van der Waals surface area (Å²) in [7, 11) is 0. The number of benzene rings is 11. The van der Waals surface area contributed by atoms with Crippen LogP contribution in [-0.4, -0.2) is 15.0 Å². The highest BCUT2D eigenvalue weighted by Gasteiger charge is 2.18. The summed E-state index contributed by atoms with van der Waals surface area (Å²) >= 11 is 0. The van der Waals surface area contributed by atoms with Crippen LogP contribution in [0.25, 0.3) is 132 Å². The average molecular weight is 837 g/mol. The maximum absolute atomic E-state index is 9.41. The molecule has 0 aliphatic rings. The molecule has 304 valence electrons. The maximum Gasteiger partial charge on any atom is 0.164 e. The molecule has 1 heterocycles. The average Bonchev–Trinajstić information content (AvgIpc) is 3.39. The Hall–Kier alpha value is -9.04. The molecule has 1 aromatic heterocycles. The Balaban J connectivity index is 0.896. The Morgan fingerprint density at radius 2 is 0.697 bits per heavy atom. The second-order valence-corrected chi connectivity index (χ2v) is 17.0. The van der Waals surface area contributed by atoms with Gasteiger partial charge in [-0.05, 0) is 122 Å². The van der Waals surface area contributed by atoms with E-state index >= 15 is 0 Å². The van der Waals surface area contributed by atoms with E-state index < -0.39 is 0 Å². The van der Waals surface area contributed by atoms with Crippen LogP contribution in [0.3, 0.4) is 0 Å². The van der Waals surface area contributed by atoms with E-state index in [9.17, 15) is 5.26 Å². The van der Waals surface area contributed by atoms with Crippen LogP contribution >= 0.6 is 0 Å². The molecule has 0 aliphatic heterocycles. The first kappa shape index (κ1) is 37.5. The van der Waals surface area contributed by atoms with Gasteiger partial charge in [-0.25, -0.2) is 15.0 Å². The Morgan fingerprint density at radius 1 is 0.273 bits per heavy atom. The lowest BCUT2D eigenvalue weighted by Crippen LogP contribution is -2.01. The zero-order valence-electron chi connectivity index (χ0n) is 35.6. The number of fused-ring (bicyclic) bond motifs is 2. The molecule has 0 bridgehead atoms. The molecule has 0 atom stereocenters. The molecule has 0 aliphatic carbocycles. The molecule has 0 radical (unpaired) electrons. The normalized spacial score (nSPS) is 11.6. The van der Waals surface area contributed by atoms with Crippen LogP contribution in [-0.2, 0) is 0 Å². The fourth-order valence-electron chi connectivity index (χ4n) is 10.1. The molecule has 13 rings (SSSR count). The molecule has 13 aromatic rings. The smallest absolute Gasteiger partial charge is 0.164 e. The molecule has 0 spiro atoms. The standard InChI is InChI=1S/C62H36N4/c63-37-38-19-21-42(22-20-38)50-14-4-5-15-54(50)62-65-60(46-9-2-1-3-10-46)64-61(66-62)47-32-27-40(28-33-47)39-23-25-41(26-24-39)49-35-48-34-31-45-12-7-17-52-51-16-6-11-43-29-30-44-13-8-18-53(58(44)56(43)51)55(36-49)59(48)57(45)52/h1-36H. The number of hydrogen-bond acceptors (Lipinski definition) is 4. The summed E-state index contributed by atoms with van der Waals surface area (Å²) in [6, 6.07) is 79.6. The van der Waals surface area contributed by atoms with Crippen molar-refractivity contribution in [1.29, 1.82) is 5.26 Å². The first-order valence-electron chi connectivity index (χ1n) is 22.2. The van der Waals surface area contributed by atoms with E-state index in [2.05, 4.69) is 152 Å².